The zero-order valence-electron chi connectivity index (χ0n) is 19.2. The van der Waals surface area contributed by atoms with Crippen LogP contribution in [-0.2, 0) is 21.6 Å². The molecule has 2 aromatic carbocycles. The molecule has 1 saturated carbocycles. The molecule has 1 aliphatic heterocycles. The number of hydrogen-bond acceptors (Lipinski definition) is 6. The zero-order chi connectivity index (χ0) is 23.4. The Labute approximate surface area is 205 Å². The average Bonchev–Trinajstić information content (AvgIpc) is 3.07. The molecule has 0 spiro atoms. The predicted molar refractivity (Wildman–Crippen MR) is 123 cm³/mol. The number of ether oxygens (including phenoxy) is 3. The summed E-state index contributed by atoms with van der Waals surface area (Å²) >= 11 is -0.365. The van der Waals surface area contributed by atoms with Gasteiger partial charge in [0, 0.05) is 0 Å². The fourth-order valence-electron chi connectivity index (χ4n) is 4.24. The monoisotopic (exact) mass is 564 g/mol. The van der Waals surface area contributed by atoms with Crippen LogP contribution in [0.25, 0.3) is 11.1 Å². The fourth-order valence-corrected chi connectivity index (χ4v) is 4.99. The molecule has 0 atom stereocenters. The molecule has 2 aromatic rings. The Balaban J connectivity index is 1.65. The summed E-state index contributed by atoms with van der Waals surface area (Å²) in [6.45, 7) is 9.00. The summed E-state index contributed by atoms with van der Waals surface area (Å²) in [6.07, 6.45) is 3.42. The molecule has 1 aliphatic carbocycles. The first-order valence-electron chi connectivity index (χ1n) is 11.2. The van der Waals surface area contributed by atoms with Gasteiger partial charge in [-0.25, -0.2) is 0 Å². The maximum absolute atomic E-state index is 12.4. The molecule has 0 radical (unpaired) electrons. The number of halogens is 1. The number of aromatic hydroxyl groups is 1. The van der Waals surface area contributed by atoms with Crippen LogP contribution in [0.15, 0.2) is 41.0 Å². The van der Waals surface area contributed by atoms with Crippen LogP contribution in [0.3, 0.4) is 0 Å². The normalized spacial score (nSPS) is 16.7. The quantitative estimate of drug-likeness (QED) is 0.198. The number of carbonyl (C=O) groups is 1. The number of hydrogen-bond donors (Lipinski definition) is 2. The van der Waals surface area contributed by atoms with Gasteiger partial charge in [-0.15, -0.1) is 0 Å². The van der Waals surface area contributed by atoms with E-state index < -0.39 is 5.97 Å². The molecule has 0 saturated heterocycles. The summed E-state index contributed by atoms with van der Waals surface area (Å²) in [4.78, 5) is 12.4. The second-order valence-electron chi connectivity index (χ2n) is 8.93. The van der Waals surface area contributed by atoms with E-state index in [4.69, 9.17) is 14.2 Å². The second-order valence-corrected chi connectivity index (χ2v) is 11.3. The van der Waals surface area contributed by atoms with Crippen molar-refractivity contribution in [2.24, 2.45) is 5.92 Å². The number of nitrogens with one attached hydrogen (secondary N) is 1. The molecule has 2 aliphatic rings. The zero-order valence-corrected chi connectivity index (χ0v) is 21.3. The van der Waals surface area contributed by atoms with Gasteiger partial charge in [0.1, 0.15) is 0 Å². The molecule has 6 nitrogen and oxygen atoms in total. The van der Waals surface area contributed by atoms with E-state index in [1.54, 1.807) is 6.07 Å². The molecule has 1 heterocycles. The second kappa shape index (κ2) is 10.3. The summed E-state index contributed by atoms with van der Waals surface area (Å²) in [7, 11) is 0. The van der Waals surface area contributed by atoms with E-state index in [1.165, 1.54) is 17.5 Å². The Morgan fingerprint density at radius 1 is 1.21 bits per heavy atom. The van der Waals surface area contributed by atoms with Crippen molar-refractivity contribution >= 4 is 5.97 Å². The molecule has 1 fully saturated rings. The third-order valence-electron chi connectivity index (χ3n) is 6.35. The van der Waals surface area contributed by atoms with Crippen molar-refractivity contribution in [2.75, 3.05) is 17.8 Å². The first kappa shape index (κ1) is 23.9. The van der Waals surface area contributed by atoms with Gasteiger partial charge in [0.2, 0.25) is 0 Å². The van der Waals surface area contributed by atoms with Crippen LogP contribution in [0, 0.1) is 5.92 Å². The van der Waals surface area contributed by atoms with Crippen LogP contribution in [0.4, 0.5) is 0 Å². The van der Waals surface area contributed by atoms with Gasteiger partial charge in [0.15, 0.2) is 0 Å². The van der Waals surface area contributed by atoms with Crippen molar-refractivity contribution in [3.05, 3.63) is 52.1 Å². The van der Waals surface area contributed by atoms with Crippen LogP contribution in [0.1, 0.15) is 44.2 Å². The van der Waals surface area contributed by atoms with E-state index in [9.17, 15) is 9.90 Å². The van der Waals surface area contributed by atoms with Gasteiger partial charge in [-0.05, 0) is 0 Å². The van der Waals surface area contributed by atoms with Crippen molar-refractivity contribution < 1.29 is 45.3 Å². The molecule has 2 N–H and O–H groups in total. The van der Waals surface area contributed by atoms with E-state index in [2.05, 4.69) is 31.8 Å². The third kappa shape index (κ3) is 5.30. The Morgan fingerprint density at radius 3 is 2.76 bits per heavy atom. The van der Waals surface area contributed by atoms with Crippen LogP contribution < -0.4 is 36.0 Å². The molecule has 7 heteroatoms. The fraction of sp³-hybridized carbons (Fsp3) is 0.423. The first-order chi connectivity index (χ1) is 15.9. The Hall–Kier alpha value is -2.26. The number of rotatable bonds is 10. The minimum absolute atomic E-state index is 0.0179. The molecule has 0 aromatic heterocycles. The number of fused-ring (bicyclic) bond motifs is 1. The number of benzene rings is 2. The standard InChI is InChI=1S/C26H31INO5/c1-4-27-16-33-25-22(29)12-11-19(18-9-6-10-21-20(18)13-28-26(21,2)3)24(25)32-15-23(30)31-14-17-7-5-8-17/h4,6,9-12,17,28-29H,1,5,7-8,13-16H2,2-3H3/q-1. The summed E-state index contributed by atoms with van der Waals surface area (Å²) in [5.41, 5.74) is 4.03. The van der Waals surface area contributed by atoms with Crippen molar-refractivity contribution in [1.82, 2.24) is 5.32 Å². The van der Waals surface area contributed by atoms with Gasteiger partial charge in [-0.2, -0.15) is 0 Å². The van der Waals surface area contributed by atoms with Gasteiger partial charge >= 0.3 is 206 Å². The average molecular weight is 564 g/mol. The SMILES string of the molecule is C=C[I-]COc1c(O)ccc(-c2cccc3c2CNC3(C)C)c1OCC(=O)OCC1CCC1. The van der Waals surface area contributed by atoms with Crippen molar-refractivity contribution in [2.45, 2.75) is 45.2 Å². The minimum atomic E-state index is -0.415. The molecule has 0 unspecified atom stereocenters. The summed E-state index contributed by atoms with van der Waals surface area (Å²) in [6, 6.07) is 9.63. The van der Waals surface area contributed by atoms with E-state index in [0.29, 0.717) is 22.9 Å². The number of carbonyl (C=O) groups excluding carboxylic acids is 1. The van der Waals surface area contributed by atoms with E-state index >= 15 is 0 Å². The molecular formula is C26H31INO5-. The number of esters is 1. The first-order valence-corrected chi connectivity index (χ1v) is 14.0. The molecule has 0 amide bonds. The number of phenols is 1. The predicted octanol–water partition coefficient (Wildman–Crippen LogP) is 1.69. The summed E-state index contributed by atoms with van der Waals surface area (Å²) in [5, 5.41) is 14.1. The van der Waals surface area contributed by atoms with Crippen LogP contribution >= 0.6 is 0 Å². The topological polar surface area (TPSA) is 77.0 Å². The Kier molecular flexibility index (Phi) is 7.48. The maximum atomic E-state index is 12.4. The van der Waals surface area contributed by atoms with E-state index in [0.717, 1.165) is 30.5 Å². The van der Waals surface area contributed by atoms with Gasteiger partial charge in [0.05, 0.1) is 0 Å². The van der Waals surface area contributed by atoms with Crippen LogP contribution in [-0.4, -0.2) is 28.9 Å². The number of alkyl halides is 1. The number of phenolic OH excluding ortho intramolecular Hbond substituents is 1. The summed E-state index contributed by atoms with van der Waals surface area (Å²) in [5.74, 6) is 0.651. The third-order valence-corrected chi connectivity index (χ3v) is 7.64. The molecule has 178 valence electrons. The van der Waals surface area contributed by atoms with Gasteiger partial charge < -0.3 is 0 Å². The molecule has 33 heavy (non-hydrogen) atoms. The molecular weight excluding hydrogens is 533 g/mol. The van der Waals surface area contributed by atoms with Gasteiger partial charge in [0.25, 0.3) is 0 Å². The van der Waals surface area contributed by atoms with Crippen molar-refractivity contribution in [3.8, 4) is 28.4 Å². The van der Waals surface area contributed by atoms with Crippen molar-refractivity contribution in [1.29, 1.82) is 0 Å². The van der Waals surface area contributed by atoms with Gasteiger partial charge in [-0.3, -0.25) is 0 Å². The molecule has 4 rings (SSSR count). The Bertz CT molecular complexity index is 1030. The van der Waals surface area contributed by atoms with Crippen LogP contribution in [0.5, 0.6) is 17.2 Å². The molecule has 0 bridgehead atoms. The van der Waals surface area contributed by atoms with Crippen LogP contribution in [0.2, 0.25) is 0 Å². The van der Waals surface area contributed by atoms with E-state index in [1.807, 2.05) is 22.3 Å². The van der Waals surface area contributed by atoms with Crippen molar-refractivity contribution in [3.63, 3.8) is 0 Å². The van der Waals surface area contributed by atoms with E-state index in [-0.39, 0.29) is 44.8 Å². The van der Waals surface area contributed by atoms with Gasteiger partial charge in [-0.1, -0.05) is 0 Å². The summed E-state index contributed by atoms with van der Waals surface area (Å²) < 4.78 is 19.6. The Morgan fingerprint density at radius 2 is 2.03 bits per heavy atom.